The maximum atomic E-state index is 10.6. The highest BCUT2D eigenvalue weighted by Crippen LogP contribution is 2.00. The van der Waals surface area contributed by atoms with Gasteiger partial charge in [-0.15, -0.1) is 0 Å². The van der Waals surface area contributed by atoms with Gasteiger partial charge < -0.3 is 0 Å². The van der Waals surface area contributed by atoms with Gasteiger partial charge in [-0.1, -0.05) is 42.5 Å². The van der Waals surface area contributed by atoms with E-state index in [0.29, 0.717) is 6.42 Å². The van der Waals surface area contributed by atoms with Gasteiger partial charge in [0.25, 0.3) is 0 Å². The third-order valence-electron chi connectivity index (χ3n) is 1.77. The van der Waals surface area contributed by atoms with Crippen LogP contribution in [0.1, 0.15) is 18.9 Å². The van der Waals surface area contributed by atoms with Crippen LogP contribution in [0.2, 0.25) is 0 Å². The zero-order chi connectivity index (χ0) is 9.52. The van der Waals surface area contributed by atoms with Crippen molar-refractivity contribution in [3.63, 3.8) is 0 Å². The fourth-order valence-corrected chi connectivity index (χ4v) is 1.08. The first-order valence-corrected chi connectivity index (χ1v) is 4.47. The van der Waals surface area contributed by atoms with E-state index in [0.717, 1.165) is 6.42 Å². The Balaban J connectivity index is 2.35. The molecule has 68 valence electrons. The average molecular weight is 174 g/mol. The molecule has 0 fully saturated rings. The molecule has 1 nitrogen and oxygen atoms in total. The van der Waals surface area contributed by atoms with Crippen LogP contribution in [0.3, 0.4) is 0 Å². The fourth-order valence-electron chi connectivity index (χ4n) is 1.08. The summed E-state index contributed by atoms with van der Waals surface area (Å²) in [5, 5.41) is 0. The molecule has 0 radical (unpaired) electrons. The molecule has 0 N–H and O–H groups in total. The predicted molar refractivity (Wildman–Crippen MR) is 54.6 cm³/mol. The predicted octanol–water partition coefficient (Wildman–Crippen LogP) is 2.76. The summed E-state index contributed by atoms with van der Waals surface area (Å²) < 4.78 is 0. The summed E-state index contributed by atoms with van der Waals surface area (Å²) in [5.41, 5.74) is 1.28. The van der Waals surface area contributed by atoms with E-state index in [-0.39, 0.29) is 5.78 Å². The normalized spacial score (nSPS) is 10.5. The molecule has 1 heteroatoms. The number of carbonyl (C=O) groups is 1. The fraction of sp³-hybridized carbons (Fsp3) is 0.250. The first kappa shape index (κ1) is 9.72. The largest absolute Gasteiger partial charge is 0.300 e. The standard InChI is InChI=1S/C12H14O/c1-11(13)7-5-6-10-12-8-3-2-4-9-12/h2-6,8-9H,7,10H2,1H3/b6-5+. The topological polar surface area (TPSA) is 17.1 Å². The summed E-state index contributed by atoms with van der Waals surface area (Å²) in [7, 11) is 0. The van der Waals surface area contributed by atoms with E-state index >= 15 is 0 Å². The van der Waals surface area contributed by atoms with E-state index in [1.165, 1.54) is 5.56 Å². The number of carbonyl (C=O) groups excluding carboxylic acids is 1. The summed E-state index contributed by atoms with van der Waals surface area (Å²) >= 11 is 0. The Labute approximate surface area is 79.1 Å². The molecule has 0 amide bonds. The molecular weight excluding hydrogens is 160 g/mol. The van der Waals surface area contributed by atoms with Gasteiger partial charge in [0, 0.05) is 6.42 Å². The molecule has 0 bridgehead atoms. The number of Topliss-reactive ketones (excluding diaryl/α,β-unsaturated/α-hetero) is 1. The van der Waals surface area contributed by atoms with Crippen LogP contribution in [0, 0.1) is 0 Å². The zero-order valence-electron chi connectivity index (χ0n) is 7.86. The van der Waals surface area contributed by atoms with E-state index in [1.807, 2.05) is 30.4 Å². The summed E-state index contributed by atoms with van der Waals surface area (Å²) in [6.45, 7) is 1.60. The molecule has 0 aromatic heterocycles. The molecule has 1 rings (SSSR count). The van der Waals surface area contributed by atoms with Crippen LogP contribution in [0.15, 0.2) is 42.5 Å². The van der Waals surface area contributed by atoms with Crippen LogP contribution in [-0.4, -0.2) is 5.78 Å². The number of benzene rings is 1. The van der Waals surface area contributed by atoms with Crippen molar-refractivity contribution < 1.29 is 4.79 Å². The van der Waals surface area contributed by atoms with Crippen LogP contribution in [-0.2, 0) is 11.2 Å². The van der Waals surface area contributed by atoms with Crippen molar-refractivity contribution in [3.8, 4) is 0 Å². The highest BCUT2D eigenvalue weighted by Gasteiger charge is 1.87. The molecule has 0 unspecified atom stereocenters. The minimum atomic E-state index is 0.212. The quantitative estimate of drug-likeness (QED) is 0.641. The Bertz CT molecular complexity index is 285. The molecule has 0 saturated carbocycles. The molecule has 0 heterocycles. The number of hydrogen-bond acceptors (Lipinski definition) is 1. The van der Waals surface area contributed by atoms with E-state index in [1.54, 1.807) is 6.92 Å². The number of allylic oxidation sites excluding steroid dienone is 2. The second-order valence-electron chi connectivity index (χ2n) is 3.07. The lowest BCUT2D eigenvalue weighted by molar-refractivity contribution is -0.116. The van der Waals surface area contributed by atoms with Gasteiger partial charge in [0.15, 0.2) is 0 Å². The minimum Gasteiger partial charge on any atom is -0.300 e. The second kappa shape index (κ2) is 5.31. The molecule has 0 aliphatic carbocycles. The Kier molecular flexibility index (Phi) is 3.97. The van der Waals surface area contributed by atoms with Gasteiger partial charge in [-0.2, -0.15) is 0 Å². The molecular formula is C12H14O. The summed E-state index contributed by atoms with van der Waals surface area (Å²) in [5.74, 6) is 0.212. The van der Waals surface area contributed by atoms with Gasteiger partial charge in [-0.05, 0) is 18.9 Å². The summed E-state index contributed by atoms with van der Waals surface area (Å²) in [6, 6.07) is 10.2. The Morgan fingerprint density at radius 1 is 1.23 bits per heavy atom. The van der Waals surface area contributed by atoms with E-state index in [4.69, 9.17) is 0 Å². The maximum absolute atomic E-state index is 10.6. The van der Waals surface area contributed by atoms with Crippen LogP contribution in [0.25, 0.3) is 0 Å². The lowest BCUT2D eigenvalue weighted by atomic mass is 10.1. The van der Waals surface area contributed by atoms with Crippen molar-refractivity contribution in [2.45, 2.75) is 19.8 Å². The number of hydrogen-bond donors (Lipinski definition) is 0. The minimum absolute atomic E-state index is 0.212. The van der Waals surface area contributed by atoms with E-state index in [9.17, 15) is 4.79 Å². The molecule has 0 aliphatic heterocycles. The van der Waals surface area contributed by atoms with Crippen LogP contribution in [0.4, 0.5) is 0 Å². The monoisotopic (exact) mass is 174 g/mol. The zero-order valence-corrected chi connectivity index (χ0v) is 7.86. The first-order valence-electron chi connectivity index (χ1n) is 4.47. The highest BCUT2D eigenvalue weighted by atomic mass is 16.1. The van der Waals surface area contributed by atoms with Gasteiger partial charge in [-0.3, -0.25) is 4.79 Å². The van der Waals surface area contributed by atoms with Crippen LogP contribution < -0.4 is 0 Å². The third kappa shape index (κ3) is 4.26. The Hall–Kier alpha value is -1.37. The van der Waals surface area contributed by atoms with Crippen molar-refractivity contribution in [2.24, 2.45) is 0 Å². The van der Waals surface area contributed by atoms with E-state index in [2.05, 4.69) is 12.1 Å². The van der Waals surface area contributed by atoms with Gasteiger partial charge in [0.05, 0.1) is 0 Å². The summed E-state index contributed by atoms with van der Waals surface area (Å²) in [6.07, 6.45) is 5.42. The molecule has 1 aromatic carbocycles. The maximum Gasteiger partial charge on any atom is 0.133 e. The van der Waals surface area contributed by atoms with Gasteiger partial charge in [0.2, 0.25) is 0 Å². The summed E-state index contributed by atoms with van der Waals surface area (Å²) in [4.78, 5) is 10.6. The molecule has 0 aliphatic rings. The van der Waals surface area contributed by atoms with Crippen molar-refractivity contribution in [3.05, 3.63) is 48.0 Å². The lowest BCUT2D eigenvalue weighted by Gasteiger charge is -1.93. The smallest absolute Gasteiger partial charge is 0.133 e. The first-order chi connectivity index (χ1) is 6.29. The van der Waals surface area contributed by atoms with Crippen LogP contribution in [0.5, 0.6) is 0 Å². The van der Waals surface area contributed by atoms with Crippen molar-refractivity contribution in [2.75, 3.05) is 0 Å². The SMILES string of the molecule is CC(=O)C/C=C/Cc1ccccc1. The third-order valence-corrected chi connectivity index (χ3v) is 1.77. The van der Waals surface area contributed by atoms with Crippen LogP contribution >= 0.6 is 0 Å². The van der Waals surface area contributed by atoms with Crippen molar-refractivity contribution >= 4 is 5.78 Å². The van der Waals surface area contributed by atoms with Crippen molar-refractivity contribution in [1.82, 2.24) is 0 Å². The van der Waals surface area contributed by atoms with Crippen molar-refractivity contribution in [1.29, 1.82) is 0 Å². The Morgan fingerprint density at radius 3 is 2.54 bits per heavy atom. The van der Waals surface area contributed by atoms with Gasteiger partial charge in [0.1, 0.15) is 5.78 Å². The van der Waals surface area contributed by atoms with Gasteiger partial charge in [-0.25, -0.2) is 0 Å². The number of rotatable bonds is 4. The Morgan fingerprint density at radius 2 is 1.92 bits per heavy atom. The molecule has 1 aromatic rings. The molecule has 0 spiro atoms. The lowest BCUT2D eigenvalue weighted by Crippen LogP contribution is -1.85. The highest BCUT2D eigenvalue weighted by molar-refractivity contribution is 5.76. The number of ketones is 1. The average Bonchev–Trinajstić information content (AvgIpc) is 2.14. The second-order valence-corrected chi connectivity index (χ2v) is 3.07. The molecule has 0 atom stereocenters. The molecule has 0 saturated heterocycles. The van der Waals surface area contributed by atoms with E-state index < -0.39 is 0 Å². The molecule has 13 heavy (non-hydrogen) atoms. The van der Waals surface area contributed by atoms with Gasteiger partial charge >= 0.3 is 0 Å².